The van der Waals surface area contributed by atoms with Crippen molar-refractivity contribution in [2.45, 2.75) is 20.4 Å². The molecule has 0 unspecified atom stereocenters. The Morgan fingerprint density at radius 3 is 2.07 bits per heavy atom. The number of methoxy groups -OCH3 is 2. The third-order valence-corrected chi connectivity index (χ3v) is 7.83. The summed E-state index contributed by atoms with van der Waals surface area (Å²) in [6.07, 6.45) is 0. The van der Waals surface area contributed by atoms with Crippen molar-refractivity contribution in [2.24, 2.45) is 0 Å². The van der Waals surface area contributed by atoms with Crippen molar-refractivity contribution in [1.29, 1.82) is 0 Å². The summed E-state index contributed by atoms with van der Waals surface area (Å²) in [7, 11) is 3.01. The van der Waals surface area contributed by atoms with Crippen LogP contribution < -0.4 is 0 Å². The lowest BCUT2D eigenvalue weighted by molar-refractivity contribution is 0.0600. The number of carbonyl (C=O) groups is 2. The Labute approximate surface area is 256 Å². The van der Waals surface area contributed by atoms with Crippen molar-refractivity contribution in [3.05, 3.63) is 131 Å². The molecule has 0 atom stereocenters. The van der Waals surface area contributed by atoms with Crippen molar-refractivity contribution in [3.63, 3.8) is 0 Å². The van der Waals surface area contributed by atoms with E-state index < -0.39 is 5.97 Å². The summed E-state index contributed by atoms with van der Waals surface area (Å²) in [6, 6.07) is 33.2. The molecular formula is C37H33N3O4. The van der Waals surface area contributed by atoms with Gasteiger partial charge >= 0.3 is 5.97 Å². The largest absolute Gasteiger partial charge is 0.465 e. The highest BCUT2D eigenvalue weighted by Crippen LogP contribution is 2.37. The molecule has 6 aromatic rings. The Hall–Kier alpha value is -5.27. The lowest BCUT2D eigenvalue weighted by atomic mass is 9.98. The van der Waals surface area contributed by atoms with E-state index in [1.807, 2.05) is 95.8 Å². The van der Waals surface area contributed by atoms with E-state index in [9.17, 15) is 9.59 Å². The number of imidazole rings is 1. The van der Waals surface area contributed by atoms with Crippen LogP contribution in [0.3, 0.4) is 0 Å². The Balaban J connectivity index is 1.72. The number of aryl methyl sites for hydroxylation is 2. The van der Waals surface area contributed by atoms with Gasteiger partial charge in [-0.15, -0.1) is 0 Å². The number of esters is 1. The molecule has 0 N–H and O–H groups in total. The maximum absolute atomic E-state index is 14.6. The molecule has 0 radical (unpaired) electrons. The lowest BCUT2D eigenvalue weighted by Crippen LogP contribution is -2.17. The van der Waals surface area contributed by atoms with Gasteiger partial charge in [-0.1, -0.05) is 90.0 Å². The summed E-state index contributed by atoms with van der Waals surface area (Å²) < 4.78 is 14.5. The van der Waals surface area contributed by atoms with Crippen LogP contribution in [-0.2, 0) is 16.0 Å². The number of benzene rings is 4. The number of nitrogens with zero attached hydrogens (tertiary/aromatic N) is 3. The molecule has 0 aliphatic carbocycles. The molecule has 0 amide bonds. The summed E-state index contributed by atoms with van der Waals surface area (Å²) in [5.41, 5.74) is 8.58. The van der Waals surface area contributed by atoms with Gasteiger partial charge in [-0.2, -0.15) is 0 Å². The van der Waals surface area contributed by atoms with Crippen LogP contribution in [0.4, 0.5) is 0 Å². The van der Waals surface area contributed by atoms with Gasteiger partial charge in [0.2, 0.25) is 11.7 Å². The van der Waals surface area contributed by atoms with Gasteiger partial charge < -0.3 is 14.0 Å². The van der Waals surface area contributed by atoms with Crippen molar-refractivity contribution in [1.82, 2.24) is 14.1 Å². The molecule has 44 heavy (non-hydrogen) atoms. The summed E-state index contributed by atoms with van der Waals surface area (Å²) in [5.74, 6) is -0.0159. The molecule has 0 aliphatic heterocycles. The summed E-state index contributed by atoms with van der Waals surface area (Å²) in [6.45, 7) is 4.95. The first kappa shape index (κ1) is 28.8. The molecule has 7 heteroatoms. The molecule has 0 bridgehead atoms. The molecule has 0 saturated carbocycles. The first-order valence-corrected chi connectivity index (χ1v) is 14.5. The van der Waals surface area contributed by atoms with E-state index in [2.05, 4.69) is 18.2 Å². The normalized spacial score (nSPS) is 11.2. The van der Waals surface area contributed by atoms with E-state index >= 15 is 0 Å². The fourth-order valence-electron chi connectivity index (χ4n) is 5.49. The quantitative estimate of drug-likeness (QED) is 0.131. The van der Waals surface area contributed by atoms with Gasteiger partial charge in [0.05, 0.1) is 36.0 Å². The van der Waals surface area contributed by atoms with Crippen LogP contribution in [0.25, 0.3) is 39.4 Å². The Bertz CT molecular complexity index is 1970. The maximum Gasteiger partial charge on any atom is 0.337 e. The van der Waals surface area contributed by atoms with Crippen LogP contribution in [0, 0.1) is 13.8 Å². The number of ketones is 1. The highest BCUT2D eigenvalue weighted by Gasteiger charge is 2.28. The van der Waals surface area contributed by atoms with Gasteiger partial charge in [0.15, 0.2) is 0 Å². The van der Waals surface area contributed by atoms with E-state index in [1.54, 1.807) is 19.2 Å². The fourth-order valence-corrected chi connectivity index (χ4v) is 5.49. The summed E-state index contributed by atoms with van der Waals surface area (Å²) >= 11 is 0. The first-order valence-electron chi connectivity index (χ1n) is 14.5. The zero-order chi connectivity index (χ0) is 30.8. The van der Waals surface area contributed by atoms with Crippen molar-refractivity contribution >= 4 is 22.8 Å². The third kappa shape index (κ3) is 5.34. The SMILES string of the molecule is COCCn1c(-n2c(-c3ccccc3)cc(-c3ccc(C)cc3)c2C(=O)c2ccc(C)cc2)nc2cc(C(=O)OC)ccc21. The smallest absolute Gasteiger partial charge is 0.337 e. The summed E-state index contributed by atoms with van der Waals surface area (Å²) in [4.78, 5) is 32.1. The van der Waals surface area contributed by atoms with Crippen molar-refractivity contribution < 1.29 is 19.1 Å². The minimum atomic E-state index is -0.442. The minimum Gasteiger partial charge on any atom is -0.465 e. The van der Waals surface area contributed by atoms with Gasteiger partial charge in [0, 0.05) is 24.8 Å². The van der Waals surface area contributed by atoms with Gasteiger partial charge in [0.25, 0.3) is 0 Å². The number of aromatic nitrogens is 3. The Morgan fingerprint density at radius 1 is 0.750 bits per heavy atom. The van der Waals surface area contributed by atoms with Gasteiger partial charge in [-0.3, -0.25) is 9.36 Å². The van der Waals surface area contributed by atoms with Gasteiger partial charge in [-0.05, 0) is 49.2 Å². The zero-order valence-electron chi connectivity index (χ0n) is 25.2. The second kappa shape index (κ2) is 12.1. The molecule has 2 aromatic heterocycles. The Morgan fingerprint density at radius 2 is 1.41 bits per heavy atom. The monoisotopic (exact) mass is 583 g/mol. The van der Waals surface area contributed by atoms with Crippen LogP contribution in [0.1, 0.15) is 37.5 Å². The molecule has 4 aromatic carbocycles. The average Bonchev–Trinajstić information content (AvgIpc) is 3.62. The number of fused-ring (bicyclic) bond motifs is 1. The van der Waals surface area contributed by atoms with E-state index in [0.717, 1.165) is 39.0 Å². The highest BCUT2D eigenvalue weighted by molar-refractivity contribution is 6.13. The van der Waals surface area contributed by atoms with Crippen LogP contribution in [0.2, 0.25) is 0 Å². The topological polar surface area (TPSA) is 75.4 Å². The minimum absolute atomic E-state index is 0.122. The molecule has 220 valence electrons. The molecule has 0 aliphatic rings. The maximum atomic E-state index is 14.6. The van der Waals surface area contributed by atoms with Crippen molar-refractivity contribution in [2.75, 3.05) is 20.8 Å². The van der Waals surface area contributed by atoms with E-state index in [-0.39, 0.29) is 5.78 Å². The highest BCUT2D eigenvalue weighted by atomic mass is 16.5. The van der Waals surface area contributed by atoms with Crippen LogP contribution >= 0.6 is 0 Å². The lowest BCUT2D eigenvalue weighted by Gasteiger charge is -2.16. The molecule has 0 spiro atoms. The number of carbonyl (C=O) groups excluding carboxylic acids is 2. The molecule has 0 saturated heterocycles. The predicted octanol–water partition coefficient (Wildman–Crippen LogP) is 7.44. The van der Waals surface area contributed by atoms with E-state index in [0.29, 0.717) is 41.4 Å². The Kier molecular flexibility index (Phi) is 7.96. The zero-order valence-corrected chi connectivity index (χ0v) is 25.2. The van der Waals surface area contributed by atoms with E-state index in [4.69, 9.17) is 14.5 Å². The number of rotatable bonds is 9. The third-order valence-electron chi connectivity index (χ3n) is 7.83. The molecule has 7 nitrogen and oxygen atoms in total. The standard InChI is InChI=1S/C37H33N3O4/c1-24-10-14-26(15-11-24)30-23-33(27-8-6-5-7-9-27)40(34(30)35(41)28-16-12-25(2)13-17-28)37-38-31-22-29(36(42)44-4)18-19-32(31)39(37)20-21-43-3/h5-19,22-23H,20-21H2,1-4H3. The van der Waals surface area contributed by atoms with Gasteiger partial charge in [0.1, 0.15) is 5.69 Å². The van der Waals surface area contributed by atoms with Crippen LogP contribution in [0.15, 0.2) is 103 Å². The second-order valence-electron chi connectivity index (χ2n) is 10.8. The van der Waals surface area contributed by atoms with Crippen molar-refractivity contribution in [3.8, 4) is 28.3 Å². The first-order chi connectivity index (χ1) is 21.4. The predicted molar refractivity (Wildman–Crippen MR) is 172 cm³/mol. The molecule has 0 fully saturated rings. The second-order valence-corrected chi connectivity index (χ2v) is 10.8. The summed E-state index contributed by atoms with van der Waals surface area (Å²) in [5, 5.41) is 0. The molecule has 2 heterocycles. The number of hydrogen-bond acceptors (Lipinski definition) is 5. The fraction of sp³-hybridized carbons (Fsp3) is 0.162. The van der Waals surface area contributed by atoms with E-state index in [1.165, 1.54) is 7.11 Å². The number of ether oxygens (including phenoxy) is 2. The average molecular weight is 584 g/mol. The molecule has 6 rings (SSSR count). The van der Waals surface area contributed by atoms with Gasteiger partial charge in [-0.25, -0.2) is 9.78 Å². The van der Waals surface area contributed by atoms with Crippen LogP contribution in [-0.4, -0.2) is 46.7 Å². The van der Waals surface area contributed by atoms with Crippen LogP contribution in [0.5, 0.6) is 0 Å². The number of hydrogen-bond donors (Lipinski definition) is 0. The molecular weight excluding hydrogens is 550 g/mol.